The smallest absolute Gasteiger partial charge is 0.325 e. The Labute approximate surface area is 185 Å². The number of halogens is 1. The number of nitrogens with zero attached hydrogens (tertiary/aromatic N) is 3. The van der Waals surface area contributed by atoms with E-state index in [0.717, 1.165) is 30.9 Å². The number of thiophene rings is 1. The summed E-state index contributed by atoms with van der Waals surface area (Å²) in [6, 6.07) is 7.65. The number of hydrogen-bond acceptors (Lipinski definition) is 7. The normalized spacial score (nSPS) is 15.5. The van der Waals surface area contributed by atoms with E-state index in [1.54, 1.807) is 38.5 Å². The Hall–Kier alpha value is -2.72. The number of rotatable bonds is 6. The highest BCUT2D eigenvalue weighted by atomic mass is 79.9. The van der Waals surface area contributed by atoms with Crippen LogP contribution in [0.3, 0.4) is 0 Å². The second kappa shape index (κ2) is 7.84. The number of imide groups is 1. The van der Waals surface area contributed by atoms with Gasteiger partial charge in [0.25, 0.3) is 5.91 Å². The molecule has 0 radical (unpaired) electrons. The van der Waals surface area contributed by atoms with Crippen molar-refractivity contribution in [1.82, 2.24) is 20.2 Å². The summed E-state index contributed by atoms with van der Waals surface area (Å²) in [6.45, 7) is 4.20. The highest BCUT2D eigenvalue weighted by Crippen LogP contribution is 2.37. The number of ether oxygens (including phenoxy) is 1. The first-order chi connectivity index (χ1) is 14.3. The van der Waals surface area contributed by atoms with Gasteiger partial charge in [0, 0.05) is 24.0 Å². The zero-order valence-electron chi connectivity index (χ0n) is 16.7. The van der Waals surface area contributed by atoms with Gasteiger partial charge >= 0.3 is 6.03 Å². The number of carbonyl (C=O) groups is 2. The van der Waals surface area contributed by atoms with Gasteiger partial charge in [0.2, 0.25) is 5.95 Å². The first-order valence-electron chi connectivity index (χ1n) is 9.27. The molecule has 1 fully saturated rings. The number of carbonyl (C=O) groups excluding carboxylic acids is 2. The summed E-state index contributed by atoms with van der Waals surface area (Å²) < 4.78 is 7.20. The number of urea groups is 1. The van der Waals surface area contributed by atoms with Gasteiger partial charge in [-0.3, -0.25) is 10.1 Å². The van der Waals surface area contributed by atoms with Gasteiger partial charge in [-0.2, -0.15) is 0 Å². The van der Waals surface area contributed by atoms with Crippen LogP contribution >= 0.6 is 27.3 Å². The molecule has 3 heterocycles. The molecule has 8 nitrogen and oxygen atoms in total. The summed E-state index contributed by atoms with van der Waals surface area (Å²) in [4.78, 5) is 35.3. The van der Waals surface area contributed by atoms with Crippen molar-refractivity contribution in [2.45, 2.75) is 19.4 Å². The van der Waals surface area contributed by atoms with Crippen molar-refractivity contribution in [3.63, 3.8) is 0 Å². The summed E-state index contributed by atoms with van der Waals surface area (Å²) in [7, 11) is 1.65. The molecule has 10 heteroatoms. The molecule has 1 aliphatic heterocycles. The van der Waals surface area contributed by atoms with Gasteiger partial charge in [-0.1, -0.05) is 0 Å². The summed E-state index contributed by atoms with van der Waals surface area (Å²) in [6.07, 6.45) is 1.70. The average Bonchev–Trinajstić information content (AvgIpc) is 3.22. The van der Waals surface area contributed by atoms with Crippen LogP contribution in [0.25, 0.3) is 20.7 Å². The standard InChI is InChI=1S/C20H20BrN5O3S/c1-20(2)17(27)25-19(28)26(20)7-6-22-18-23-10-13(21)16(24-18)15-8-11-4-5-12(29-3)9-14(11)30-15/h4-5,8-10H,6-7H2,1-3H3,(H,22,23,24)(H,25,27,28). The molecule has 1 saturated heterocycles. The number of nitrogens with one attached hydrogen (secondary N) is 2. The molecule has 3 amide bonds. The van der Waals surface area contributed by atoms with Crippen LogP contribution in [-0.4, -0.2) is 52.5 Å². The molecule has 156 valence electrons. The first-order valence-corrected chi connectivity index (χ1v) is 10.9. The van der Waals surface area contributed by atoms with E-state index in [2.05, 4.69) is 42.6 Å². The minimum Gasteiger partial charge on any atom is -0.497 e. The zero-order valence-corrected chi connectivity index (χ0v) is 19.1. The summed E-state index contributed by atoms with van der Waals surface area (Å²) in [5, 5.41) is 6.60. The molecule has 30 heavy (non-hydrogen) atoms. The van der Waals surface area contributed by atoms with Crippen LogP contribution in [0.2, 0.25) is 0 Å². The molecular weight excluding hydrogens is 470 g/mol. The second-order valence-electron chi connectivity index (χ2n) is 7.30. The molecule has 4 rings (SSSR count). The number of fused-ring (bicyclic) bond motifs is 1. The third kappa shape index (κ3) is 3.72. The van der Waals surface area contributed by atoms with Gasteiger partial charge in [-0.15, -0.1) is 11.3 Å². The van der Waals surface area contributed by atoms with Crippen molar-refractivity contribution in [3.05, 3.63) is 34.9 Å². The summed E-state index contributed by atoms with van der Waals surface area (Å²) >= 11 is 5.16. The molecule has 1 aliphatic rings. The third-order valence-corrected chi connectivity index (χ3v) is 6.70. The fourth-order valence-corrected chi connectivity index (χ4v) is 4.87. The fraction of sp³-hybridized carbons (Fsp3) is 0.300. The number of hydrogen-bond donors (Lipinski definition) is 2. The number of aromatic nitrogens is 2. The van der Waals surface area contributed by atoms with Crippen LogP contribution in [-0.2, 0) is 4.79 Å². The maximum atomic E-state index is 12.0. The lowest BCUT2D eigenvalue weighted by atomic mass is 10.0. The van der Waals surface area contributed by atoms with Crippen LogP contribution < -0.4 is 15.4 Å². The Kier molecular flexibility index (Phi) is 5.37. The maximum absolute atomic E-state index is 12.0. The Morgan fingerprint density at radius 1 is 1.30 bits per heavy atom. The van der Waals surface area contributed by atoms with Gasteiger partial charge in [0.1, 0.15) is 17.0 Å². The van der Waals surface area contributed by atoms with Crippen LogP contribution in [0.4, 0.5) is 10.7 Å². The predicted octanol–water partition coefficient (Wildman–Crippen LogP) is 3.87. The SMILES string of the molecule is COc1ccc2cc(-c3nc(NCCN4C(=O)NC(=O)C4(C)C)ncc3Br)sc2c1. The van der Waals surface area contributed by atoms with Gasteiger partial charge < -0.3 is 15.0 Å². The second-order valence-corrected chi connectivity index (χ2v) is 9.24. The van der Waals surface area contributed by atoms with E-state index in [4.69, 9.17) is 4.74 Å². The van der Waals surface area contributed by atoms with E-state index in [0.29, 0.717) is 19.0 Å². The number of anilines is 1. The van der Waals surface area contributed by atoms with Gasteiger partial charge in [-0.05, 0) is 59.4 Å². The molecule has 2 aromatic heterocycles. The minimum atomic E-state index is -0.872. The quantitative estimate of drug-likeness (QED) is 0.510. The number of methoxy groups -OCH3 is 1. The lowest BCUT2D eigenvalue weighted by Crippen LogP contribution is -2.46. The molecule has 0 aliphatic carbocycles. The van der Waals surface area contributed by atoms with Crippen molar-refractivity contribution in [2.75, 3.05) is 25.5 Å². The average molecular weight is 490 g/mol. The van der Waals surface area contributed by atoms with E-state index >= 15 is 0 Å². The van der Waals surface area contributed by atoms with Crippen molar-refractivity contribution < 1.29 is 14.3 Å². The Morgan fingerprint density at radius 2 is 2.10 bits per heavy atom. The molecule has 3 aromatic rings. The Morgan fingerprint density at radius 3 is 2.80 bits per heavy atom. The summed E-state index contributed by atoms with van der Waals surface area (Å²) in [5.74, 6) is 0.968. The Bertz CT molecular complexity index is 1150. The van der Waals surface area contributed by atoms with Gasteiger partial charge in [0.05, 0.1) is 16.5 Å². The van der Waals surface area contributed by atoms with Crippen LogP contribution in [0.1, 0.15) is 13.8 Å². The van der Waals surface area contributed by atoms with Crippen LogP contribution in [0, 0.1) is 0 Å². The largest absolute Gasteiger partial charge is 0.497 e. The number of amides is 3. The van der Waals surface area contributed by atoms with E-state index in [-0.39, 0.29) is 11.9 Å². The van der Waals surface area contributed by atoms with Crippen molar-refractivity contribution in [3.8, 4) is 16.3 Å². The van der Waals surface area contributed by atoms with Crippen molar-refractivity contribution in [1.29, 1.82) is 0 Å². The van der Waals surface area contributed by atoms with Crippen molar-refractivity contribution in [2.24, 2.45) is 0 Å². The lowest BCUT2D eigenvalue weighted by Gasteiger charge is -2.27. The molecule has 0 saturated carbocycles. The highest BCUT2D eigenvalue weighted by Gasteiger charge is 2.45. The van der Waals surface area contributed by atoms with Crippen LogP contribution in [0.15, 0.2) is 34.9 Å². The topological polar surface area (TPSA) is 96.5 Å². The Balaban J connectivity index is 1.51. The van der Waals surface area contributed by atoms with Crippen LogP contribution in [0.5, 0.6) is 5.75 Å². The highest BCUT2D eigenvalue weighted by molar-refractivity contribution is 9.10. The van der Waals surface area contributed by atoms with E-state index in [1.165, 1.54) is 4.90 Å². The molecular formula is C20H20BrN5O3S. The molecule has 0 spiro atoms. The minimum absolute atomic E-state index is 0.295. The molecule has 2 N–H and O–H groups in total. The third-order valence-electron chi connectivity index (χ3n) is 5.02. The van der Waals surface area contributed by atoms with E-state index in [1.807, 2.05) is 18.2 Å². The first kappa shape index (κ1) is 20.5. The maximum Gasteiger partial charge on any atom is 0.325 e. The zero-order chi connectivity index (χ0) is 21.5. The van der Waals surface area contributed by atoms with Crippen molar-refractivity contribution >= 4 is 55.2 Å². The number of benzene rings is 1. The molecule has 0 atom stereocenters. The molecule has 0 bridgehead atoms. The van der Waals surface area contributed by atoms with Gasteiger partial charge in [0.15, 0.2) is 0 Å². The molecule has 1 aromatic carbocycles. The van der Waals surface area contributed by atoms with Gasteiger partial charge in [-0.25, -0.2) is 14.8 Å². The lowest BCUT2D eigenvalue weighted by molar-refractivity contribution is -0.125. The van der Waals surface area contributed by atoms with E-state index < -0.39 is 5.54 Å². The van der Waals surface area contributed by atoms with E-state index in [9.17, 15) is 9.59 Å². The fourth-order valence-electron chi connectivity index (χ4n) is 3.23. The summed E-state index contributed by atoms with van der Waals surface area (Å²) in [5.41, 5.74) is -0.0927. The molecule has 0 unspecified atom stereocenters. The predicted molar refractivity (Wildman–Crippen MR) is 120 cm³/mol. The monoisotopic (exact) mass is 489 g/mol.